The molecule has 0 saturated carbocycles. The molecule has 1 aliphatic heterocycles. The van der Waals surface area contributed by atoms with Crippen molar-refractivity contribution in [3.05, 3.63) is 44.9 Å². The van der Waals surface area contributed by atoms with Crippen LogP contribution in [-0.2, 0) is 16.0 Å². The van der Waals surface area contributed by atoms with Gasteiger partial charge in [-0.15, -0.1) is 11.3 Å². The van der Waals surface area contributed by atoms with E-state index < -0.39 is 6.10 Å². The van der Waals surface area contributed by atoms with Crippen LogP contribution in [0.3, 0.4) is 0 Å². The Morgan fingerprint density at radius 2 is 2.35 bits per heavy atom. The number of nitrogens with one attached hydrogen (secondary N) is 2. The zero-order valence-corrected chi connectivity index (χ0v) is 14.5. The van der Waals surface area contributed by atoms with Gasteiger partial charge in [0, 0.05) is 40.6 Å². The molecule has 8 heteroatoms. The van der Waals surface area contributed by atoms with Crippen LogP contribution in [-0.4, -0.2) is 36.7 Å². The molecule has 2 aromatic rings. The molecular formula is C15H15Cl2N3O2S. The van der Waals surface area contributed by atoms with Gasteiger partial charge in [-0.1, -0.05) is 23.2 Å². The molecule has 0 bridgehead atoms. The average Bonchev–Trinajstić information content (AvgIpc) is 2.99. The van der Waals surface area contributed by atoms with Crippen molar-refractivity contribution in [1.82, 2.24) is 10.3 Å². The minimum Gasteiger partial charge on any atom is -0.366 e. The van der Waals surface area contributed by atoms with Crippen LogP contribution < -0.4 is 10.6 Å². The van der Waals surface area contributed by atoms with Crippen LogP contribution in [0.25, 0.3) is 0 Å². The molecule has 1 aromatic heterocycles. The summed E-state index contributed by atoms with van der Waals surface area (Å²) in [6.07, 6.45) is 1.88. The topological polar surface area (TPSA) is 63.2 Å². The number of thiazole rings is 1. The number of aromatic nitrogens is 1. The third kappa shape index (κ3) is 4.43. The molecule has 122 valence electrons. The average molecular weight is 372 g/mol. The number of carbonyl (C=O) groups is 1. The molecule has 1 saturated heterocycles. The normalized spacial score (nSPS) is 17.9. The number of halogens is 2. The Kier molecular flexibility index (Phi) is 5.50. The second-order valence-corrected chi connectivity index (χ2v) is 7.06. The SMILES string of the molecule is O=C(Nc1ncc(Cc2cc(Cl)ccc2Cl)s1)C1CNCCO1. The van der Waals surface area contributed by atoms with Gasteiger partial charge in [-0.05, 0) is 23.8 Å². The van der Waals surface area contributed by atoms with Crippen LogP contribution in [0.4, 0.5) is 5.13 Å². The molecular weight excluding hydrogens is 357 g/mol. The van der Waals surface area contributed by atoms with Crippen molar-refractivity contribution in [2.45, 2.75) is 12.5 Å². The molecule has 23 heavy (non-hydrogen) atoms. The first-order chi connectivity index (χ1) is 11.1. The Morgan fingerprint density at radius 3 is 3.13 bits per heavy atom. The molecule has 1 fully saturated rings. The van der Waals surface area contributed by atoms with Crippen molar-refractivity contribution in [3.63, 3.8) is 0 Å². The van der Waals surface area contributed by atoms with Gasteiger partial charge in [-0.2, -0.15) is 0 Å². The summed E-state index contributed by atoms with van der Waals surface area (Å²) in [5.41, 5.74) is 0.931. The Morgan fingerprint density at radius 1 is 1.48 bits per heavy atom. The Hall–Kier alpha value is -1.18. The first kappa shape index (κ1) is 16.7. The summed E-state index contributed by atoms with van der Waals surface area (Å²) in [4.78, 5) is 17.3. The summed E-state index contributed by atoms with van der Waals surface area (Å²) in [6, 6.07) is 5.36. The molecule has 0 aliphatic carbocycles. The molecule has 2 N–H and O–H groups in total. The molecule has 1 amide bonds. The summed E-state index contributed by atoms with van der Waals surface area (Å²) < 4.78 is 5.41. The van der Waals surface area contributed by atoms with Gasteiger partial charge in [0.15, 0.2) is 5.13 Å². The maximum Gasteiger partial charge on any atom is 0.256 e. The second-order valence-electron chi connectivity index (χ2n) is 5.10. The minimum atomic E-state index is -0.474. The number of anilines is 1. The van der Waals surface area contributed by atoms with Crippen LogP contribution in [0.15, 0.2) is 24.4 Å². The number of benzene rings is 1. The van der Waals surface area contributed by atoms with Gasteiger partial charge in [-0.25, -0.2) is 4.98 Å². The lowest BCUT2D eigenvalue weighted by Gasteiger charge is -2.22. The van der Waals surface area contributed by atoms with Gasteiger partial charge in [0.25, 0.3) is 5.91 Å². The maximum absolute atomic E-state index is 12.1. The third-order valence-corrected chi connectivity index (χ3v) is 4.89. The van der Waals surface area contributed by atoms with Crippen molar-refractivity contribution in [2.24, 2.45) is 0 Å². The van der Waals surface area contributed by atoms with Crippen molar-refractivity contribution in [3.8, 4) is 0 Å². The van der Waals surface area contributed by atoms with E-state index in [9.17, 15) is 4.79 Å². The zero-order valence-electron chi connectivity index (χ0n) is 12.1. The molecule has 1 aromatic carbocycles. The quantitative estimate of drug-likeness (QED) is 0.866. The van der Waals surface area contributed by atoms with E-state index in [1.54, 1.807) is 18.3 Å². The lowest BCUT2D eigenvalue weighted by molar-refractivity contribution is -0.128. The molecule has 1 unspecified atom stereocenters. The number of hydrogen-bond donors (Lipinski definition) is 2. The molecule has 0 spiro atoms. The van der Waals surface area contributed by atoms with Crippen LogP contribution in [0.2, 0.25) is 10.0 Å². The van der Waals surface area contributed by atoms with E-state index in [-0.39, 0.29) is 5.91 Å². The van der Waals surface area contributed by atoms with Crippen LogP contribution in [0.5, 0.6) is 0 Å². The van der Waals surface area contributed by atoms with Crippen molar-refractivity contribution >= 4 is 45.6 Å². The van der Waals surface area contributed by atoms with E-state index in [0.717, 1.165) is 17.0 Å². The highest BCUT2D eigenvalue weighted by Crippen LogP contribution is 2.27. The van der Waals surface area contributed by atoms with Gasteiger partial charge in [0.1, 0.15) is 6.10 Å². The highest BCUT2D eigenvalue weighted by Gasteiger charge is 2.22. The fourth-order valence-corrected chi connectivity index (χ4v) is 3.45. The second kappa shape index (κ2) is 7.59. The number of hydrogen-bond acceptors (Lipinski definition) is 5. The fraction of sp³-hybridized carbons (Fsp3) is 0.333. The predicted molar refractivity (Wildman–Crippen MR) is 92.6 cm³/mol. The van der Waals surface area contributed by atoms with E-state index in [1.165, 1.54) is 11.3 Å². The first-order valence-corrected chi connectivity index (χ1v) is 8.71. The molecule has 3 rings (SSSR count). The van der Waals surface area contributed by atoms with Crippen molar-refractivity contribution < 1.29 is 9.53 Å². The van der Waals surface area contributed by atoms with Crippen molar-refractivity contribution in [2.75, 3.05) is 25.0 Å². The minimum absolute atomic E-state index is 0.182. The molecule has 5 nitrogen and oxygen atoms in total. The number of nitrogens with zero attached hydrogens (tertiary/aromatic N) is 1. The highest BCUT2D eigenvalue weighted by atomic mass is 35.5. The van der Waals surface area contributed by atoms with Crippen LogP contribution >= 0.6 is 34.5 Å². The Labute approximate surface area is 148 Å². The fourth-order valence-electron chi connectivity index (χ4n) is 2.23. The van der Waals surface area contributed by atoms with E-state index in [4.69, 9.17) is 27.9 Å². The van der Waals surface area contributed by atoms with Gasteiger partial charge < -0.3 is 10.1 Å². The van der Waals surface area contributed by atoms with Gasteiger partial charge in [0.05, 0.1) is 6.61 Å². The number of carbonyl (C=O) groups excluding carboxylic acids is 1. The predicted octanol–water partition coefficient (Wildman–Crippen LogP) is 2.97. The Balaban J connectivity index is 1.63. The molecule has 1 atom stereocenters. The van der Waals surface area contributed by atoms with E-state index in [2.05, 4.69) is 15.6 Å². The van der Waals surface area contributed by atoms with Crippen LogP contribution in [0, 0.1) is 0 Å². The summed E-state index contributed by atoms with van der Waals surface area (Å²) in [6.45, 7) is 1.82. The van der Waals surface area contributed by atoms with E-state index in [1.807, 2.05) is 6.07 Å². The summed E-state index contributed by atoms with van der Waals surface area (Å²) >= 11 is 13.6. The van der Waals surface area contributed by atoms with Crippen molar-refractivity contribution in [1.29, 1.82) is 0 Å². The third-order valence-electron chi connectivity index (χ3n) is 3.38. The van der Waals surface area contributed by atoms with Crippen LogP contribution in [0.1, 0.15) is 10.4 Å². The maximum atomic E-state index is 12.1. The van der Waals surface area contributed by atoms with E-state index >= 15 is 0 Å². The Bertz CT molecular complexity index is 702. The number of amides is 1. The number of ether oxygens (including phenoxy) is 1. The summed E-state index contributed by atoms with van der Waals surface area (Å²) in [5, 5.41) is 7.77. The monoisotopic (exact) mass is 371 g/mol. The molecule has 2 heterocycles. The highest BCUT2D eigenvalue weighted by molar-refractivity contribution is 7.15. The zero-order chi connectivity index (χ0) is 16.2. The summed E-state index contributed by atoms with van der Waals surface area (Å²) in [7, 11) is 0. The number of rotatable bonds is 4. The standard InChI is InChI=1S/C15H15Cl2N3O2S/c16-10-1-2-12(17)9(5-10)6-11-7-19-15(23-11)20-14(21)13-8-18-3-4-22-13/h1-2,5,7,13,18H,3-4,6,8H2,(H,19,20,21). The number of morpholine rings is 1. The first-order valence-electron chi connectivity index (χ1n) is 7.13. The largest absolute Gasteiger partial charge is 0.366 e. The van der Waals surface area contributed by atoms with Gasteiger partial charge in [-0.3, -0.25) is 10.1 Å². The smallest absolute Gasteiger partial charge is 0.256 e. The van der Waals surface area contributed by atoms with Gasteiger partial charge >= 0.3 is 0 Å². The molecule has 0 radical (unpaired) electrons. The van der Waals surface area contributed by atoms with Gasteiger partial charge in [0.2, 0.25) is 0 Å². The summed E-state index contributed by atoms with van der Waals surface area (Å²) in [5.74, 6) is -0.182. The van der Waals surface area contributed by atoms with E-state index in [0.29, 0.717) is 34.7 Å². The lowest BCUT2D eigenvalue weighted by atomic mass is 10.1. The lowest BCUT2D eigenvalue weighted by Crippen LogP contribution is -2.45. The molecule has 1 aliphatic rings.